The number of nitrogens with two attached hydrogens (primary N) is 1. The van der Waals surface area contributed by atoms with Gasteiger partial charge in [-0.25, -0.2) is 8.78 Å². The first-order valence-corrected chi connectivity index (χ1v) is 6.31. The molecule has 3 nitrogen and oxygen atoms in total. The van der Waals surface area contributed by atoms with Crippen LogP contribution in [0.1, 0.15) is 23.7 Å². The van der Waals surface area contributed by atoms with Crippen molar-refractivity contribution >= 4 is 39.0 Å². The Morgan fingerprint density at radius 1 is 1.50 bits per heavy atom. The van der Waals surface area contributed by atoms with E-state index in [1.54, 1.807) is 6.92 Å². The number of hydrogen-bond donors (Lipinski definition) is 2. The molecule has 0 aliphatic rings. The summed E-state index contributed by atoms with van der Waals surface area (Å²) in [6.07, 6.45) is 0.445. The molecule has 1 unspecified atom stereocenters. The lowest BCUT2D eigenvalue weighted by atomic mass is 10.1. The maximum absolute atomic E-state index is 13.5. The molecule has 1 rings (SSSR count). The number of halogens is 3. The summed E-state index contributed by atoms with van der Waals surface area (Å²) in [5.74, 6) is -2.77. The van der Waals surface area contributed by atoms with E-state index in [0.717, 1.165) is 12.1 Å². The molecule has 0 aliphatic heterocycles. The fraction of sp³-hybridized carbons (Fsp3) is 0.273. The molecule has 0 aliphatic carbocycles. The van der Waals surface area contributed by atoms with Crippen molar-refractivity contribution in [2.24, 2.45) is 5.73 Å². The third kappa shape index (κ3) is 3.46. The first kappa shape index (κ1) is 15.0. The van der Waals surface area contributed by atoms with Crippen LogP contribution < -0.4 is 11.1 Å². The minimum atomic E-state index is -0.947. The number of amides is 1. The molecule has 1 amide bonds. The van der Waals surface area contributed by atoms with E-state index >= 15 is 0 Å². The van der Waals surface area contributed by atoms with Gasteiger partial charge in [-0.15, -0.1) is 0 Å². The molecule has 1 aromatic rings. The Morgan fingerprint density at radius 3 is 2.39 bits per heavy atom. The molecule has 18 heavy (non-hydrogen) atoms. The predicted molar refractivity (Wildman–Crippen MR) is 72.4 cm³/mol. The molecule has 7 heteroatoms. The molecular formula is C11H11BrF2N2OS. The number of rotatable bonds is 4. The van der Waals surface area contributed by atoms with E-state index in [2.05, 4.69) is 21.2 Å². The first-order valence-electron chi connectivity index (χ1n) is 5.11. The summed E-state index contributed by atoms with van der Waals surface area (Å²) in [7, 11) is 0. The Kier molecular flexibility index (Phi) is 5.15. The zero-order valence-corrected chi connectivity index (χ0v) is 11.9. The molecular weight excluding hydrogens is 326 g/mol. The van der Waals surface area contributed by atoms with Crippen molar-refractivity contribution < 1.29 is 13.6 Å². The molecule has 1 aromatic carbocycles. The summed E-state index contributed by atoms with van der Waals surface area (Å²) in [5, 5.41) is 2.38. The lowest BCUT2D eigenvalue weighted by Gasteiger charge is -2.15. The van der Waals surface area contributed by atoms with E-state index in [0.29, 0.717) is 6.42 Å². The van der Waals surface area contributed by atoms with Crippen LogP contribution in [0.2, 0.25) is 0 Å². The van der Waals surface area contributed by atoms with Crippen LogP contribution in [0, 0.1) is 11.6 Å². The second-order valence-corrected chi connectivity index (χ2v) is 4.97. The van der Waals surface area contributed by atoms with Crippen molar-refractivity contribution in [1.29, 1.82) is 0 Å². The summed E-state index contributed by atoms with van der Waals surface area (Å²) in [4.78, 5) is 11.8. The number of carbonyl (C=O) groups excluding carboxylic acids is 1. The van der Waals surface area contributed by atoms with Crippen LogP contribution in [0.3, 0.4) is 0 Å². The van der Waals surface area contributed by atoms with Gasteiger partial charge in [-0.3, -0.25) is 4.79 Å². The summed E-state index contributed by atoms with van der Waals surface area (Å²) in [6.45, 7) is 1.75. The van der Waals surface area contributed by atoms with Crippen LogP contribution >= 0.6 is 28.1 Å². The average molecular weight is 337 g/mol. The summed E-state index contributed by atoms with van der Waals surface area (Å²) in [5.41, 5.74) is 4.75. The van der Waals surface area contributed by atoms with Crippen molar-refractivity contribution in [3.8, 4) is 0 Å². The quantitative estimate of drug-likeness (QED) is 0.830. The highest BCUT2D eigenvalue weighted by Crippen LogP contribution is 2.19. The molecule has 3 N–H and O–H groups in total. The molecule has 0 spiro atoms. The number of nitrogens with one attached hydrogen (secondary N) is 1. The highest BCUT2D eigenvalue weighted by atomic mass is 79.9. The Labute approximate surface area is 117 Å². The van der Waals surface area contributed by atoms with Gasteiger partial charge in [0.15, 0.2) is 0 Å². The second-order valence-electron chi connectivity index (χ2n) is 3.58. The van der Waals surface area contributed by atoms with Crippen LogP contribution in [0.4, 0.5) is 8.78 Å². The first-order chi connectivity index (χ1) is 8.36. The highest BCUT2D eigenvalue weighted by Gasteiger charge is 2.21. The zero-order valence-electron chi connectivity index (χ0n) is 9.47. The normalized spacial score (nSPS) is 12.0. The lowest BCUT2D eigenvalue weighted by Crippen LogP contribution is -2.43. The van der Waals surface area contributed by atoms with Crippen LogP contribution in [0.5, 0.6) is 0 Å². The van der Waals surface area contributed by atoms with E-state index in [4.69, 9.17) is 18.0 Å². The largest absolute Gasteiger partial charge is 0.392 e. The maximum Gasteiger partial charge on any atom is 0.257 e. The van der Waals surface area contributed by atoms with Crippen molar-refractivity contribution in [2.75, 3.05) is 0 Å². The Balaban J connectivity index is 3.01. The van der Waals surface area contributed by atoms with Gasteiger partial charge in [0.05, 0.1) is 11.0 Å². The third-order valence-electron chi connectivity index (χ3n) is 2.29. The summed E-state index contributed by atoms with van der Waals surface area (Å²) >= 11 is 7.67. The SMILES string of the molecule is CCC(NC(=O)c1c(F)cc(Br)cc1F)C(N)=S. The molecule has 0 saturated carbocycles. The number of thiocarbonyl (C=S) groups is 1. The fourth-order valence-electron chi connectivity index (χ4n) is 1.36. The molecule has 1 atom stereocenters. The number of hydrogen-bond acceptors (Lipinski definition) is 2. The second kappa shape index (κ2) is 6.19. The van der Waals surface area contributed by atoms with Crippen molar-refractivity contribution in [3.05, 3.63) is 33.8 Å². The smallest absolute Gasteiger partial charge is 0.257 e. The number of benzene rings is 1. The van der Waals surface area contributed by atoms with E-state index in [1.807, 2.05) is 0 Å². The third-order valence-corrected chi connectivity index (χ3v) is 3.03. The molecule has 98 valence electrons. The van der Waals surface area contributed by atoms with Gasteiger partial charge in [0, 0.05) is 4.47 Å². The summed E-state index contributed by atoms with van der Waals surface area (Å²) < 4.78 is 27.3. The van der Waals surface area contributed by atoms with Gasteiger partial charge in [0.2, 0.25) is 0 Å². The standard InChI is InChI=1S/C11H11BrF2N2OS/c1-2-8(10(15)18)16-11(17)9-6(13)3-5(12)4-7(9)14/h3-4,8H,2H2,1H3,(H2,15,18)(H,16,17). The van der Waals surface area contributed by atoms with Gasteiger partial charge in [-0.2, -0.15) is 0 Å². The van der Waals surface area contributed by atoms with Gasteiger partial charge in [0.1, 0.15) is 17.2 Å². The molecule has 0 heterocycles. The summed E-state index contributed by atoms with van der Waals surface area (Å²) in [6, 6.07) is 1.44. The zero-order chi connectivity index (χ0) is 13.9. The van der Waals surface area contributed by atoms with E-state index in [-0.39, 0.29) is 9.46 Å². The monoisotopic (exact) mass is 336 g/mol. The van der Waals surface area contributed by atoms with E-state index in [1.165, 1.54) is 0 Å². The van der Waals surface area contributed by atoms with E-state index < -0.39 is 29.1 Å². The minimum absolute atomic E-state index is 0.0729. The minimum Gasteiger partial charge on any atom is -0.392 e. The average Bonchev–Trinajstić information content (AvgIpc) is 2.23. The van der Waals surface area contributed by atoms with Crippen LogP contribution in [-0.2, 0) is 0 Å². The van der Waals surface area contributed by atoms with Gasteiger partial charge in [-0.1, -0.05) is 35.1 Å². The lowest BCUT2D eigenvalue weighted by molar-refractivity contribution is 0.0938. The predicted octanol–water partition coefficient (Wildman–Crippen LogP) is 2.52. The van der Waals surface area contributed by atoms with Crippen molar-refractivity contribution in [2.45, 2.75) is 19.4 Å². The Bertz CT molecular complexity index is 473. The molecule has 0 saturated heterocycles. The highest BCUT2D eigenvalue weighted by molar-refractivity contribution is 9.10. The maximum atomic E-state index is 13.5. The van der Waals surface area contributed by atoms with Crippen LogP contribution in [-0.4, -0.2) is 16.9 Å². The topological polar surface area (TPSA) is 55.1 Å². The van der Waals surface area contributed by atoms with Gasteiger partial charge < -0.3 is 11.1 Å². The van der Waals surface area contributed by atoms with Gasteiger partial charge in [0.25, 0.3) is 5.91 Å². The molecule has 0 bridgehead atoms. The molecule has 0 aromatic heterocycles. The van der Waals surface area contributed by atoms with Gasteiger partial charge in [-0.05, 0) is 18.6 Å². The Morgan fingerprint density at radius 2 is 2.00 bits per heavy atom. The number of carbonyl (C=O) groups is 1. The van der Waals surface area contributed by atoms with Crippen LogP contribution in [0.25, 0.3) is 0 Å². The van der Waals surface area contributed by atoms with Gasteiger partial charge >= 0.3 is 0 Å². The van der Waals surface area contributed by atoms with Crippen molar-refractivity contribution in [3.63, 3.8) is 0 Å². The van der Waals surface area contributed by atoms with E-state index in [9.17, 15) is 13.6 Å². The van der Waals surface area contributed by atoms with Crippen LogP contribution in [0.15, 0.2) is 16.6 Å². The van der Waals surface area contributed by atoms with Crippen molar-refractivity contribution in [1.82, 2.24) is 5.32 Å². The molecule has 0 radical (unpaired) electrons. The molecule has 0 fully saturated rings. The fourth-order valence-corrected chi connectivity index (χ4v) is 1.99. The Hall–Kier alpha value is -1.08.